The number of benzene rings is 2. The Morgan fingerprint density at radius 2 is 1.65 bits per heavy atom. The molecule has 1 heterocycles. The molecule has 2 aromatic rings. The van der Waals surface area contributed by atoms with Crippen molar-refractivity contribution >= 4 is 38.5 Å². The van der Waals surface area contributed by atoms with Crippen LogP contribution < -0.4 is 5.32 Å². The van der Waals surface area contributed by atoms with Crippen molar-refractivity contribution in [3.8, 4) is 0 Å². The van der Waals surface area contributed by atoms with E-state index >= 15 is 0 Å². The highest BCUT2D eigenvalue weighted by Gasteiger charge is 2.35. The predicted molar refractivity (Wildman–Crippen MR) is 68.4 cm³/mol. The Hall–Kier alpha value is -1.89. The highest BCUT2D eigenvalue weighted by molar-refractivity contribution is 9.10. The second kappa shape index (κ2) is 4.05. The quantitative estimate of drug-likeness (QED) is 0.744. The molecule has 0 spiro atoms. The van der Waals surface area contributed by atoms with E-state index in [-0.39, 0.29) is 21.9 Å². The lowest BCUT2D eigenvalue weighted by Gasteiger charge is -2.19. The maximum atomic E-state index is 13.0. The van der Waals surface area contributed by atoms with Crippen LogP contribution in [0.5, 0.6) is 0 Å². The number of imide groups is 1. The molecule has 0 saturated carbocycles. The third-order valence-corrected chi connectivity index (χ3v) is 3.56. The number of amides is 2. The SMILES string of the molecule is O=C1NC(=O)c2cc(Br)cc3c(C(F)(F)F)ccc1c23. The van der Waals surface area contributed by atoms with Gasteiger partial charge < -0.3 is 0 Å². The molecule has 0 bridgehead atoms. The summed E-state index contributed by atoms with van der Waals surface area (Å²) in [5.41, 5.74) is -0.758. The summed E-state index contributed by atoms with van der Waals surface area (Å²) in [7, 11) is 0. The number of carbonyl (C=O) groups excluding carboxylic acids is 2. The molecular formula is C13H5BrF3NO2. The third-order valence-electron chi connectivity index (χ3n) is 3.10. The molecule has 2 amide bonds. The maximum absolute atomic E-state index is 13.0. The summed E-state index contributed by atoms with van der Waals surface area (Å²) in [5, 5.41) is 1.98. The molecule has 3 rings (SSSR count). The molecule has 2 aromatic carbocycles. The van der Waals surface area contributed by atoms with Crippen LogP contribution in [0.2, 0.25) is 0 Å². The van der Waals surface area contributed by atoms with Crippen LogP contribution in [-0.4, -0.2) is 11.8 Å². The zero-order chi connectivity index (χ0) is 14.7. The van der Waals surface area contributed by atoms with Crippen molar-refractivity contribution in [2.75, 3.05) is 0 Å². The van der Waals surface area contributed by atoms with Gasteiger partial charge in [-0.25, -0.2) is 0 Å². The van der Waals surface area contributed by atoms with Crippen LogP contribution >= 0.6 is 15.9 Å². The zero-order valence-electron chi connectivity index (χ0n) is 9.64. The van der Waals surface area contributed by atoms with Crippen molar-refractivity contribution in [3.05, 3.63) is 45.4 Å². The van der Waals surface area contributed by atoms with Crippen LogP contribution in [0.25, 0.3) is 10.8 Å². The molecule has 20 heavy (non-hydrogen) atoms. The minimum absolute atomic E-state index is 0.0387. The Labute approximate surface area is 118 Å². The summed E-state index contributed by atoms with van der Waals surface area (Å²) in [5.74, 6) is -1.39. The first-order valence-corrected chi connectivity index (χ1v) is 6.27. The number of alkyl halides is 3. The highest BCUT2D eigenvalue weighted by atomic mass is 79.9. The Morgan fingerprint density at radius 3 is 2.30 bits per heavy atom. The van der Waals surface area contributed by atoms with Gasteiger partial charge in [0.15, 0.2) is 0 Å². The summed E-state index contributed by atoms with van der Waals surface area (Å²) >= 11 is 3.08. The minimum Gasteiger partial charge on any atom is -0.288 e. The minimum atomic E-state index is -4.56. The molecule has 0 aliphatic carbocycles. The third kappa shape index (κ3) is 1.81. The summed E-state index contributed by atoms with van der Waals surface area (Å²) in [4.78, 5) is 23.5. The lowest BCUT2D eigenvalue weighted by Crippen LogP contribution is -2.35. The first-order chi connectivity index (χ1) is 9.29. The van der Waals surface area contributed by atoms with Gasteiger partial charge >= 0.3 is 6.18 Å². The summed E-state index contributed by atoms with van der Waals surface area (Å²) < 4.78 is 39.4. The number of nitrogens with one attached hydrogen (secondary N) is 1. The summed E-state index contributed by atoms with van der Waals surface area (Å²) in [6.45, 7) is 0. The van der Waals surface area contributed by atoms with Gasteiger partial charge in [-0.05, 0) is 29.7 Å². The fourth-order valence-corrected chi connectivity index (χ4v) is 2.76. The van der Waals surface area contributed by atoms with Crippen LogP contribution in [0, 0.1) is 0 Å². The largest absolute Gasteiger partial charge is 0.417 e. The Kier molecular flexibility index (Phi) is 2.66. The van der Waals surface area contributed by atoms with Gasteiger partial charge in [0.1, 0.15) is 0 Å². The average molecular weight is 344 g/mol. The van der Waals surface area contributed by atoms with Crippen LogP contribution in [0.3, 0.4) is 0 Å². The van der Waals surface area contributed by atoms with E-state index in [1.54, 1.807) is 0 Å². The van der Waals surface area contributed by atoms with Gasteiger partial charge in [0.05, 0.1) is 5.56 Å². The fraction of sp³-hybridized carbons (Fsp3) is 0.0769. The van der Waals surface area contributed by atoms with Gasteiger partial charge in [-0.15, -0.1) is 0 Å². The molecule has 0 unspecified atom stereocenters. The Balaban J connectivity index is 2.53. The van der Waals surface area contributed by atoms with E-state index in [4.69, 9.17) is 0 Å². The van der Waals surface area contributed by atoms with Gasteiger partial charge in [0.25, 0.3) is 11.8 Å². The molecule has 102 valence electrons. The van der Waals surface area contributed by atoms with Crippen molar-refractivity contribution < 1.29 is 22.8 Å². The zero-order valence-corrected chi connectivity index (χ0v) is 11.2. The topological polar surface area (TPSA) is 46.2 Å². The number of hydrogen-bond acceptors (Lipinski definition) is 2. The van der Waals surface area contributed by atoms with E-state index in [0.29, 0.717) is 4.47 Å². The van der Waals surface area contributed by atoms with Crippen LogP contribution in [-0.2, 0) is 6.18 Å². The molecule has 0 atom stereocenters. The number of halogens is 4. The molecule has 0 radical (unpaired) electrons. The van der Waals surface area contributed by atoms with Gasteiger partial charge in [-0.3, -0.25) is 14.9 Å². The Bertz CT molecular complexity index is 783. The van der Waals surface area contributed by atoms with Gasteiger partial charge in [-0.2, -0.15) is 13.2 Å². The van der Waals surface area contributed by atoms with Crippen molar-refractivity contribution in [1.29, 1.82) is 0 Å². The van der Waals surface area contributed by atoms with E-state index in [1.807, 2.05) is 0 Å². The first-order valence-electron chi connectivity index (χ1n) is 5.48. The maximum Gasteiger partial charge on any atom is 0.417 e. The number of carbonyl (C=O) groups is 2. The molecule has 0 saturated heterocycles. The molecule has 1 aliphatic rings. The molecule has 0 aromatic heterocycles. The predicted octanol–water partition coefficient (Wildman–Crippen LogP) is 3.50. The van der Waals surface area contributed by atoms with Gasteiger partial charge in [0, 0.05) is 21.0 Å². The van der Waals surface area contributed by atoms with E-state index in [0.717, 1.165) is 12.1 Å². The molecule has 1 N–H and O–H groups in total. The van der Waals surface area contributed by atoms with Crippen molar-refractivity contribution in [1.82, 2.24) is 5.32 Å². The second-order valence-electron chi connectivity index (χ2n) is 4.32. The van der Waals surface area contributed by atoms with Gasteiger partial charge in [-0.1, -0.05) is 15.9 Å². The van der Waals surface area contributed by atoms with Crippen molar-refractivity contribution in [3.63, 3.8) is 0 Å². The molecule has 7 heteroatoms. The normalized spacial score (nSPS) is 14.6. The lowest BCUT2D eigenvalue weighted by molar-refractivity contribution is -0.136. The van der Waals surface area contributed by atoms with Gasteiger partial charge in [0.2, 0.25) is 0 Å². The molecular weight excluding hydrogens is 339 g/mol. The molecule has 3 nitrogen and oxygen atoms in total. The van der Waals surface area contributed by atoms with Crippen LogP contribution in [0.1, 0.15) is 26.3 Å². The first kappa shape index (κ1) is 13.1. The lowest BCUT2D eigenvalue weighted by atomic mass is 9.92. The van der Waals surface area contributed by atoms with E-state index in [2.05, 4.69) is 21.2 Å². The van der Waals surface area contributed by atoms with Crippen molar-refractivity contribution in [2.24, 2.45) is 0 Å². The summed E-state index contributed by atoms with van der Waals surface area (Å²) in [6, 6.07) is 4.60. The summed E-state index contributed by atoms with van der Waals surface area (Å²) in [6.07, 6.45) is -4.56. The number of hydrogen-bond donors (Lipinski definition) is 1. The standard InChI is InChI=1S/C13H5BrF3NO2/c14-5-3-7-9(13(15,16)17)2-1-6-10(7)8(4-5)12(20)18-11(6)19/h1-4H,(H,18,19,20). The Morgan fingerprint density at radius 1 is 1.00 bits per heavy atom. The van der Waals surface area contributed by atoms with E-state index in [9.17, 15) is 22.8 Å². The second-order valence-corrected chi connectivity index (χ2v) is 5.23. The highest BCUT2D eigenvalue weighted by Crippen LogP contribution is 2.39. The molecule has 1 aliphatic heterocycles. The molecule has 0 fully saturated rings. The van der Waals surface area contributed by atoms with E-state index in [1.165, 1.54) is 12.1 Å². The van der Waals surface area contributed by atoms with Crippen LogP contribution in [0.15, 0.2) is 28.7 Å². The monoisotopic (exact) mass is 343 g/mol. The smallest absolute Gasteiger partial charge is 0.288 e. The van der Waals surface area contributed by atoms with Crippen molar-refractivity contribution in [2.45, 2.75) is 6.18 Å². The number of rotatable bonds is 0. The fourth-order valence-electron chi connectivity index (χ4n) is 2.30. The average Bonchev–Trinajstić information content (AvgIpc) is 2.33. The van der Waals surface area contributed by atoms with E-state index < -0.39 is 23.6 Å². The van der Waals surface area contributed by atoms with Crippen LogP contribution in [0.4, 0.5) is 13.2 Å².